The Morgan fingerprint density at radius 1 is 0.723 bits per heavy atom. The molecule has 0 saturated heterocycles. The molecule has 0 amide bonds. The normalized spacial score (nSPS) is 11.0. The number of aryl methyl sites for hydroxylation is 2. The largest absolute Gasteiger partial charge is 4.00 e. The minimum absolute atomic E-state index is 0. The van der Waals surface area contributed by atoms with Crippen LogP contribution in [-0.2, 0) is 38.7 Å². The van der Waals surface area contributed by atoms with Crippen LogP contribution in [0.1, 0.15) is 42.3 Å². The van der Waals surface area contributed by atoms with E-state index in [1.807, 2.05) is 16.7 Å². The summed E-state index contributed by atoms with van der Waals surface area (Å²) in [7, 11) is 11.5. The molecule has 0 aliphatic carbocycles. The summed E-state index contributed by atoms with van der Waals surface area (Å²) in [4.78, 5) is 0. The summed E-state index contributed by atoms with van der Waals surface area (Å²) < 4.78 is 15.7. The Morgan fingerprint density at radius 2 is 1.30 bits per heavy atom. The number of hydrogen-bond donors (Lipinski definition) is 0. The molecule has 0 spiro atoms. The number of fused-ring (bicyclic) bond motifs is 3. The smallest absolute Gasteiger partial charge is 0.679 e. The molecule has 5 aromatic carbocycles. The van der Waals surface area contributed by atoms with Crippen LogP contribution >= 0.6 is 0 Å². The van der Waals surface area contributed by atoms with Gasteiger partial charge in [0.1, 0.15) is 5.69 Å². The first kappa shape index (κ1) is 37.6. The summed E-state index contributed by atoms with van der Waals surface area (Å²) in [6.07, 6.45) is 1.79. The monoisotopic (exact) mass is 790 g/mol. The minimum atomic E-state index is -0.328. The first-order valence-corrected chi connectivity index (χ1v) is 15.6. The van der Waals surface area contributed by atoms with Crippen molar-refractivity contribution in [1.29, 1.82) is 0 Å². The number of nitrogens with zero attached hydrogens (tertiary/aromatic N) is 4. The van der Waals surface area contributed by atoms with Gasteiger partial charge >= 0.3 is 25.8 Å². The van der Waals surface area contributed by atoms with E-state index in [1.165, 1.54) is 44.8 Å². The third kappa shape index (κ3) is 8.75. The van der Waals surface area contributed by atoms with E-state index in [9.17, 15) is 4.39 Å². The molecule has 0 aliphatic rings. The van der Waals surface area contributed by atoms with E-state index in [1.54, 1.807) is 34.3 Å². The Morgan fingerprint density at radius 3 is 1.89 bits per heavy atom. The molecule has 0 bridgehead atoms. The summed E-state index contributed by atoms with van der Waals surface area (Å²) in [6.45, 7) is 4.36. The van der Waals surface area contributed by atoms with E-state index in [2.05, 4.69) is 116 Å². The fraction of sp³-hybridized carbons (Fsp3) is 0.220. The molecule has 1 heterocycles. The molecule has 6 heteroatoms. The first-order chi connectivity index (χ1) is 22.4. The molecule has 6 aromatic rings. The van der Waals surface area contributed by atoms with Crippen molar-refractivity contribution >= 4 is 27.2 Å². The van der Waals surface area contributed by atoms with Crippen molar-refractivity contribution in [2.24, 2.45) is 0 Å². The van der Waals surface area contributed by atoms with Crippen molar-refractivity contribution in [3.05, 3.63) is 166 Å². The quantitative estimate of drug-likeness (QED) is 0.0670. The molecular weight excluding hydrogens is 746 g/mol. The van der Waals surface area contributed by atoms with Crippen LogP contribution in [0.3, 0.4) is 0 Å². The molecule has 1 aromatic heterocycles. The fourth-order valence-electron chi connectivity index (χ4n) is 5.71. The van der Waals surface area contributed by atoms with Crippen LogP contribution < -0.4 is 4.57 Å². The standard InChI is InChI=1S/C37H31FN2.2C2H6N.Hf/c1-4-25-13-10-14-26(5-2)36(25)39-37(35-19-11-18-34(40(35)3)27-20-22-29(38)23-21-27)33-24-28-12-6-7-15-30(28)31-16-8-9-17-32(31)33;2*1-3-2;/h6-20,22-24,37H,3-5H2,1-2H3;2*1-2H3;/q-2;2*-1;+4. The number of hydrogen-bond acceptors (Lipinski definition) is 0. The summed E-state index contributed by atoms with van der Waals surface area (Å²) in [5, 5.41) is 17.3. The van der Waals surface area contributed by atoms with Crippen LogP contribution in [0.25, 0.3) is 48.8 Å². The number of pyridine rings is 1. The molecular formula is C41H43FHfN4. The van der Waals surface area contributed by atoms with Gasteiger partial charge in [-0.1, -0.05) is 127 Å². The van der Waals surface area contributed by atoms with Crippen molar-refractivity contribution in [3.8, 4) is 11.3 Å². The van der Waals surface area contributed by atoms with Gasteiger partial charge in [0.05, 0.1) is 5.69 Å². The van der Waals surface area contributed by atoms with Gasteiger partial charge in [-0.15, -0.1) is 30.0 Å². The zero-order valence-electron chi connectivity index (χ0n) is 28.3. The van der Waals surface area contributed by atoms with Crippen LogP contribution in [0, 0.1) is 18.9 Å². The summed E-state index contributed by atoms with van der Waals surface area (Å²) in [5.74, 6) is -0.311. The second kappa shape index (κ2) is 18.5. The Labute approximate surface area is 299 Å². The van der Waals surface area contributed by atoms with Gasteiger partial charge in [0, 0.05) is 12.9 Å². The SMILES string of the molecule is C[N-]C.C[N-]C.[CH2-][n+]1c(-c2[c-]cc(F)cc2)cccc1C([N-]c1c(CC)cccc1CC)c1cc2ccccc2c2ccccc12.[Hf+4]. The molecule has 6 rings (SSSR count). The molecule has 47 heavy (non-hydrogen) atoms. The topological polar surface area (TPSA) is 46.2 Å². The summed E-state index contributed by atoms with van der Waals surface area (Å²) in [6, 6.07) is 39.3. The predicted octanol–water partition coefficient (Wildman–Crippen LogP) is 10.7. The fourth-order valence-corrected chi connectivity index (χ4v) is 5.71. The van der Waals surface area contributed by atoms with Crippen molar-refractivity contribution < 1.29 is 34.8 Å². The second-order valence-electron chi connectivity index (χ2n) is 11.0. The molecule has 0 N–H and O–H groups in total. The van der Waals surface area contributed by atoms with Gasteiger partial charge in [-0.05, 0) is 40.5 Å². The van der Waals surface area contributed by atoms with Gasteiger partial charge in [0.25, 0.3) is 0 Å². The third-order valence-corrected chi connectivity index (χ3v) is 7.77. The molecule has 4 nitrogen and oxygen atoms in total. The summed E-state index contributed by atoms with van der Waals surface area (Å²) in [5.41, 5.74) is 7.21. The first-order valence-electron chi connectivity index (χ1n) is 15.6. The van der Waals surface area contributed by atoms with E-state index >= 15 is 0 Å². The number of halogens is 1. The Balaban J connectivity index is 0.000000799. The van der Waals surface area contributed by atoms with Gasteiger partial charge in [-0.3, -0.25) is 4.39 Å². The Kier molecular flexibility index (Phi) is 14.8. The van der Waals surface area contributed by atoms with E-state index < -0.39 is 0 Å². The van der Waals surface area contributed by atoms with Crippen LogP contribution in [-0.4, -0.2) is 28.2 Å². The average molecular weight is 789 g/mol. The van der Waals surface area contributed by atoms with Crippen molar-refractivity contribution in [2.75, 3.05) is 28.2 Å². The maximum Gasteiger partial charge on any atom is 4.00 e. The van der Waals surface area contributed by atoms with E-state index in [0.717, 1.165) is 41.0 Å². The van der Waals surface area contributed by atoms with Crippen LogP contribution in [0.5, 0.6) is 0 Å². The number of para-hydroxylation sites is 1. The molecule has 0 radical (unpaired) electrons. The maximum absolute atomic E-state index is 13.7. The van der Waals surface area contributed by atoms with Gasteiger partial charge in [0.2, 0.25) is 0 Å². The number of benzene rings is 5. The Hall–Kier alpha value is -3.84. The van der Waals surface area contributed by atoms with Crippen molar-refractivity contribution in [2.45, 2.75) is 32.7 Å². The molecule has 0 aliphatic heterocycles. The van der Waals surface area contributed by atoms with Gasteiger partial charge in [0.15, 0.2) is 0 Å². The number of aromatic nitrogens is 1. The van der Waals surface area contributed by atoms with Crippen molar-refractivity contribution in [1.82, 2.24) is 0 Å². The van der Waals surface area contributed by atoms with Crippen LogP contribution in [0.2, 0.25) is 0 Å². The van der Waals surface area contributed by atoms with Crippen LogP contribution in [0.4, 0.5) is 10.1 Å². The molecule has 1 atom stereocenters. The Bertz CT molecular complexity index is 1850. The zero-order valence-corrected chi connectivity index (χ0v) is 31.9. The van der Waals surface area contributed by atoms with Gasteiger partial charge in [-0.2, -0.15) is 28.2 Å². The maximum atomic E-state index is 13.7. The van der Waals surface area contributed by atoms with Crippen molar-refractivity contribution in [3.63, 3.8) is 0 Å². The molecule has 1 unspecified atom stereocenters. The summed E-state index contributed by atoms with van der Waals surface area (Å²) >= 11 is 0. The van der Waals surface area contributed by atoms with Gasteiger partial charge in [-0.25, -0.2) is 0 Å². The van der Waals surface area contributed by atoms with E-state index in [-0.39, 0.29) is 37.7 Å². The van der Waals surface area contributed by atoms with Gasteiger partial charge < -0.3 is 20.5 Å². The molecule has 238 valence electrons. The van der Waals surface area contributed by atoms with Crippen LogP contribution in [0.15, 0.2) is 109 Å². The van der Waals surface area contributed by atoms with E-state index in [4.69, 9.17) is 5.32 Å². The average Bonchev–Trinajstić information content (AvgIpc) is 3.08. The molecule has 0 fully saturated rings. The minimum Gasteiger partial charge on any atom is -0.679 e. The zero-order chi connectivity index (χ0) is 33.1. The second-order valence-corrected chi connectivity index (χ2v) is 11.0. The third-order valence-electron chi connectivity index (χ3n) is 7.77. The van der Waals surface area contributed by atoms with E-state index in [0.29, 0.717) is 0 Å². The molecule has 0 saturated carbocycles. The number of rotatable bonds is 7. The predicted molar refractivity (Wildman–Crippen MR) is 194 cm³/mol.